The summed E-state index contributed by atoms with van der Waals surface area (Å²) in [6.45, 7) is 0.753. The van der Waals surface area contributed by atoms with Crippen LogP contribution in [0.2, 0.25) is 10.0 Å². The number of benzene rings is 1. The molecule has 0 aliphatic carbocycles. The number of alkyl halides is 3. The monoisotopic (exact) mass is 390 g/mol. The minimum Gasteiger partial charge on any atom is -0.334 e. The van der Waals surface area contributed by atoms with Crippen molar-refractivity contribution in [3.05, 3.63) is 33.8 Å². The second-order valence-electron chi connectivity index (χ2n) is 5.11. The molecular weight excluding hydrogens is 376 g/mol. The lowest BCUT2D eigenvalue weighted by Gasteiger charge is -2.29. The molecule has 0 saturated carbocycles. The number of hydrogen-bond donors (Lipinski definition) is 1. The van der Waals surface area contributed by atoms with Gasteiger partial charge in [-0.05, 0) is 25.1 Å². The van der Waals surface area contributed by atoms with E-state index in [1.807, 2.05) is 0 Å². The summed E-state index contributed by atoms with van der Waals surface area (Å²) in [4.78, 5) is 13.9. The van der Waals surface area contributed by atoms with E-state index in [1.54, 1.807) is 6.07 Å². The molecule has 1 aliphatic rings. The molecule has 1 aliphatic heterocycles. The molecule has 1 saturated heterocycles. The van der Waals surface area contributed by atoms with Gasteiger partial charge in [-0.25, -0.2) is 0 Å². The molecule has 1 heterocycles. The van der Waals surface area contributed by atoms with Gasteiger partial charge >= 0.3 is 6.18 Å². The highest BCUT2D eigenvalue weighted by molar-refractivity contribution is 6.43. The molecule has 0 radical (unpaired) electrons. The van der Waals surface area contributed by atoms with E-state index in [2.05, 4.69) is 5.32 Å². The number of carbonyl (C=O) groups excluding carboxylic acids is 1. The van der Waals surface area contributed by atoms with Crippen molar-refractivity contribution in [1.29, 1.82) is 0 Å². The molecule has 3 nitrogen and oxygen atoms in total. The Morgan fingerprint density at radius 3 is 2.61 bits per heavy atom. The zero-order chi connectivity index (χ0) is 16.3. The van der Waals surface area contributed by atoms with Crippen molar-refractivity contribution >= 4 is 41.5 Å². The molecular formula is C14H16Cl3F3N2O. The van der Waals surface area contributed by atoms with E-state index in [4.69, 9.17) is 23.2 Å². The maximum absolute atomic E-state index is 12.6. The summed E-state index contributed by atoms with van der Waals surface area (Å²) < 4.78 is 37.5. The fourth-order valence-electron chi connectivity index (χ4n) is 2.43. The predicted octanol–water partition coefficient (Wildman–Crippen LogP) is 4.17. The highest BCUT2D eigenvalue weighted by atomic mass is 35.5. The third-order valence-corrected chi connectivity index (χ3v) is 4.37. The topological polar surface area (TPSA) is 32.3 Å². The predicted molar refractivity (Wildman–Crippen MR) is 86.7 cm³/mol. The molecule has 2 rings (SSSR count). The van der Waals surface area contributed by atoms with Crippen molar-refractivity contribution in [2.24, 2.45) is 0 Å². The molecule has 0 bridgehead atoms. The maximum atomic E-state index is 12.6. The van der Waals surface area contributed by atoms with Crippen LogP contribution in [0.1, 0.15) is 23.2 Å². The van der Waals surface area contributed by atoms with Gasteiger partial charge in [0.1, 0.15) is 0 Å². The van der Waals surface area contributed by atoms with Gasteiger partial charge < -0.3 is 10.2 Å². The van der Waals surface area contributed by atoms with Gasteiger partial charge in [0.2, 0.25) is 0 Å². The van der Waals surface area contributed by atoms with Gasteiger partial charge in [-0.3, -0.25) is 4.79 Å². The lowest BCUT2D eigenvalue weighted by Crippen LogP contribution is -2.43. The molecule has 1 aromatic carbocycles. The van der Waals surface area contributed by atoms with Gasteiger partial charge in [0.15, 0.2) is 0 Å². The number of nitrogens with one attached hydrogen (secondary N) is 1. The van der Waals surface area contributed by atoms with Crippen LogP contribution in [-0.4, -0.2) is 42.7 Å². The first kappa shape index (κ1) is 20.4. The first-order chi connectivity index (χ1) is 10.3. The van der Waals surface area contributed by atoms with Crippen LogP contribution in [0.5, 0.6) is 0 Å². The van der Waals surface area contributed by atoms with Gasteiger partial charge in [-0.15, -0.1) is 12.4 Å². The fourth-order valence-corrected chi connectivity index (χ4v) is 2.81. The van der Waals surface area contributed by atoms with Gasteiger partial charge in [-0.1, -0.05) is 29.3 Å². The maximum Gasteiger partial charge on any atom is 0.390 e. The van der Waals surface area contributed by atoms with E-state index in [1.165, 1.54) is 17.0 Å². The van der Waals surface area contributed by atoms with Crippen LogP contribution in [-0.2, 0) is 0 Å². The first-order valence-corrected chi connectivity index (χ1v) is 7.57. The number of hydrogen-bond acceptors (Lipinski definition) is 2. The molecule has 0 unspecified atom stereocenters. The highest BCUT2D eigenvalue weighted by Gasteiger charge is 2.33. The Morgan fingerprint density at radius 1 is 1.35 bits per heavy atom. The SMILES string of the molecule is Cl.O=C(c1cccc(Cl)c1Cl)N(CCC(F)(F)F)[C@H]1CCNC1. The summed E-state index contributed by atoms with van der Waals surface area (Å²) >= 11 is 11.9. The Kier molecular flexibility index (Phi) is 7.45. The average Bonchev–Trinajstić information content (AvgIpc) is 2.94. The quantitative estimate of drug-likeness (QED) is 0.835. The number of amides is 1. The molecule has 23 heavy (non-hydrogen) atoms. The van der Waals surface area contributed by atoms with E-state index in [0.29, 0.717) is 19.5 Å². The van der Waals surface area contributed by atoms with Gasteiger partial charge in [0.25, 0.3) is 5.91 Å². The molecule has 1 fully saturated rings. The van der Waals surface area contributed by atoms with Crippen LogP contribution < -0.4 is 5.32 Å². The van der Waals surface area contributed by atoms with E-state index in [0.717, 1.165) is 0 Å². The van der Waals surface area contributed by atoms with Crippen LogP contribution in [0.4, 0.5) is 13.2 Å². The largest absolute Gasteiger partial charge is 0.390 e. The van der Waals surface area contributed by atoms with Gasteiger partial charge in [0, 0.05) is 19.1 Å². The Bertz CT molecular complexity index is 549. The van der Waals surface area contributed by atoms with Crippen molar-refractivity contribution in [2.45, 2.75) is 25.1 Å². The fraction of sp³-hybridized carbons (Fsp3) is 0.500. The molecule has 1 N–H and O–H groups in total. The number of carbonyl (C=O) groups is 1. The molecule has 130 valence electrons. The lowest BCUT2D eigenvalue weighted by atomic mass is 10.1. The molecule has 9 heteroatoms. The third-order valence-electron chi connectivity index (χ3n) is 3.55. The standard InChI is InChI=1S/C14H15Cl2F3N2O.ClH/c15-11-3-1-2-10(12(11)16)13(22)21(7-5-14(17,18)19)9-4-6-20-8-9;/h1-3,9,20H,4-8H2;1H/t9-;/m0./s1. The van der Waals surface area contributed by atoms with Crippen LogP contribution in [0, 0.1) is 0 Å². The molecule has 0 spiro atoms. The molecule has 1 atom stereocenters. The van der Waals surface area contributed by atoms with E-state index >= 15 is 0 Å². The van der Waals surface area contributed by atoms with Crippen molar-refractivity contribution < 1.29 is 18.0 Å². The lowest BCUT2D eigenvalue weighted by molar-refractivity contribution is -0.137. The van der Waals surface area contributed by atoms with Gasteiger partial charge in [-0.2, -0.15) is 13.2 Å². The van der Waals surface area contributed by atoms with E-state index in [9.17, 15) is 18.0 Å². The second kappa shape index (κ2) is 8.42. The van der Waals surface area contributed by atoms with Crippen LogP contribution >= 0.6 is 35.6 Å². The number of halogens is 6. The number of rotatable bonds is 4. The van der Waals surface area contributed by atoms with E-state index < -0.39 is 25.0 Å². The number of nitrogens with zero attached hydrogens (tertiary/aromatic N) is 1. The summed E-state index contributed by atoms with van der Waals surface area (Å²) in [6.07, 6.45) is -4.75. The Hall–Kier alpha value is -0.690. The minimum atomic E-state index is -4.32. The summed E-state index contributed by atoms with van der Waals surface area (Å²) in [5.41, 5.74) is 0.128. The van der Waals surface area contributed by atoms with Crippen molar-refractivity contribution in [3.63, 3.8) is 0 Å². The van der Waals surface area contributed by atoms with Crippen molar-refractivity contribution in [1.82, 2.24) is 10.2 Å². The third kappa shape index (κ3) is 5.41. The smallest absolute Gasteiger partial charge is 0.334 e. The van der Waals surface area contributed by atoms with Crippen molar-refractivity contribution in [2.75, 3.05) is 19.6 Å². The summed E-state index contributed by atoms with van der Waals surface area (Å²) in [5, 5.41) is 3.32. The Labute approximate surface area is 148 Å². The normalized spacial score (nSPS) is 17.7. The first-order valence-electron chi connectivity index (χ1n) is 6.82. The van der Waals surface area contributed by atoms with E-state index in [-0.39, 0.29) is 34.1 Å². The molecule has 1 aromatic rings. The van der Waals surface area contributed by atoms with Crippen molar-refractivity contribution in [3.8, 4) is 0 Å². The summed E-state index contributed by atoms with van der Waals surface area (Å²) in [6, 6.07) is 4.28. The minimum absolute atomic E-state index is 0. The van der Waals surface area contributed by atoms with Gasteiger partial charge in [0.05, 0.1) is 22.0 Å². The average molecular weight is 392 g/mol. The zero-order valence-electron chi connectivity index (χ0n) is 12.0. The summed E-state index contributed by atoms with van der Waals surface area (Å²) in [5.74, 6) is -0.523. The second-order valence-corrected chi connectivity index (χ2v) is 5.90. The Morgan fingerprint density at radius 2 is 2.04 bits per heavy atom. The Balaban J connectivity index is 0.00000264. The van der Waals surface area contributed by atoms with Crippen LogP contribution in [0.25, 0.3) is 0 Å². The molecule has 1 amide bonds. The van der Waals surface area contributed by atoms with Crippen LogP contribution in [0.15, 0.2) is 18.2 Å². The highest BCUT2D eigenvalue weighted by Crippen LogP contribution is 2.28. The molecule has 0 aromatic heterocycles. The van der Waals surface area contributed by atoms with Crippen LogP contribution in [0.3, 0.4) is 0 Å². The summed E-state index contributed by atoms with van der Waals surface area (Å²) in [7, 11) is 0. The zero-order valence-corrected chi connectivity index (χ0v) is 14.3.